The van der Waals surface area contributed by atoms with Crippen LogP contribution in [0.5, 0.6) is 0 Å². The molecule has 2 N–H and O–H groups in total. The number of anilines is 1. The second kappa shape index (κ2) is 7.98. The lowest BCUT2D eigenvalue weighted by Crippen LogP contribution is -2.26. The number of rotatable bonds is 8. The van der Waals surface area contributed by atoms with Gasteiger partial charge in [-0.1, -0.05) is 0 Å². The summed E-state index contributed by atoms with van der Waals surface area (Å²) in [5.41, 5.74) is -0.475. The molecule has 19 heavy (non-hydrogen) atoms. The number of benzene rings is 1. The van der Waals surface area contributed by atoms with E-state index in [-0.39, 0.29) is 13.2 Å². The lowest BCUT2D eigenvalue weighted by molar-refractivity contribution is 0.0181. The molecule has 1 atom stereocenters. The van der Waals surface area contributed by atoms with Crippen molar-refractivity contribution in [3.8, 4) is 0 Å². The normalized spacial score (nSPS) is 12.5. The van der Waals surface area contributed by atoms with Crippen molar-refractivity contribution in [2.75, 3.05) is 38.8 Å². The van der Waals surface area contributed by atoms with Gasteiger partial charge in [0.15, 0.2) is 11.6 Å². The number of ether oxygens (including phenoxy) is 2. The molecule has 0 heterocycles. The van der Waals surface area contributed by atoms with Crippen LogP contribution in [0, 0.1) is 17.5 Å². The largest absolute Gasteiger partial charge is 0.389 e. The Morgan fingerprint density at radius 3 is 2.42 bits per heavy atom. The van der Waals surface area contributed by atoms with E-state index in [2.05, 4.69) is 5.32 Å². The van der Waals surface area contributed by atoms with Crippen molar-refractivity contribution in [1.29, 1.82) is 0 Å². The molecule has 0 saturated carbocycles. The summed E-state index contributed by atoms with van der Waals surface area (Å²) < 4.78 is 48.9. The van der Waals surface area contributed by atoms with Crippen LogP contribution in [-0.2, 0) is 9.47 Å². The third-order valence-corrected chi connectivity index (χ3v) is 2.26. The molecule has 0 aliphatic carbocycles. The molecule has 7 heteroatoms. The van der Waals surface area contributed by atoms with Gasteiger partial charge >= 0.3 is 0 Å². The molecular formula is C12H16F3NO3. The Morgan fingerprint density at radius 2 is 1.84 bits per heavy atom. The first-order chi connectivity index (χ1) is 9.04. The van der Waals surface area contributed by atoms with E-state index in [1.807, 2.05) is 0 Å². The first kappa shape index (κ1) is 15.7. The number of nitrogens with one attached hydrogen (secondary N) is 1. The van der Waals surface area contributed by atoms with Crippen molar-refractivity contribution >= 4 is 5.69 Å². The number of hydrogen-bond donors (Lipinski definition) is 2. The average Bonchev–Trinajstić information content (AvgIpc) is 2.33. The Morgan fingerprint density at radius 1 is 1.21 bits per heavy atom. The molecule has 0 amide bonds. The van der Waals surface area contributed by atoms with Crippen molar-refractivity contribution in [1.82, 2.24) is 0 Å². The molecular weight excluding hydrogens is 263 g/mol. The van der Waals surface area contributed by atoms with Crippen molar-refractivity contribution < 1.29 is 27.8 Å². The minimum Gasteiger partial charge on any atom is -0.389 e. The van der Waals surface area contributed by atoms with E-state index in [0.717, 1.165) is 0 Å². The minimum atomic E-state index is -1.05. The zero-order valence-electron chi connectivity index (χ0n) is 10.5. The highest BCUT2D eigenvalue weighted by Gasteiger charge is 2.12. The van der Waals surface area contributed by atoms with Gasteiger partial charge in [-0.05, 0) is 0 Å². The topological polar surface area (TPSA) is 50.7 Å². The van der Waals surface area contributed by atoms with Gasteiger partial charge in [-0.15, -0.1) is 0 Å². The van der Waals surface area contributed by atoms with Gasteiger partial charge in [-0.3, -0.25) is 0 Å². The standard InChI is InChI=1S/C12H16F3NO3/c1-18-2-3-19-7-9(17)6-16-12-10(14)4-8(13)5-11(12)15/h4-5,9,16-17H,2-3,6-7H2,1H3. The van der Waals surface area contributed by atoms with Crippen molar-refractivity contribution in [3.05, 3.63) is 29.6 Å². The Balaban J connectivity index is 2.40. The maximum Gasteiger partial charge on any atom is 0.152 e. The predicted molar refractivity (Wildman–Crippen MR) is 63.5 cm³/mol. The lowest BCUT2D eigenvalue weighted by Gasteiger charge is -2.14. The second-order valence-corrected chi connectivity index (χ2v) is 3.85. The lowest BCUT2D eigenvalue weighted by atomic mass is 10.2. The summed E-state index contributed by atoms with van der Waals surface area (Å²) in [7, 11) is 1.52. The van der Waals surface area contributed by atoms with E-state index in [1.165, 1.54) is 7.11 Å². The van der Waals surface area contributed by atoms with E-state index < -0.39 is 29.2 Å². The molecule has 0 radical (unpaired) electrons. The van der Waals surface area contributed by atoms with Gasteiger partial charge in [0.25, 0.3) is 0 Å². The first-order valence-electron chi connectivity index (χ1n) is 5.67. The highest BCUT2D eigenvalue weighted by molar-refractivity contribution is 5.46. The van der Waals surface area contributed by atoms with Crippen LogP contribution in [-0.4, -0.2) is 44.7 Å². The summed E-state index contributed by atoms with van der Waals surface area (Å²) in [5.74, 6) is -3.10. The van der Waals surface area contributed by atoms with Crippen LogP contribution in [0.3, 0.4) is 0 Å². The highest BCUT2D eigenvalue weighted by atomic mass is 19.1. The zero-order chi connectivity index (χ0) is 14.3. The number of aliphatic hydroxyl groups is 1. The fourth-order valence-corrected chi connectivity index (χ4v) is 1.35. The van der Waals surface area contributed by atoms with E-state index >= 15 is 0 Å². The van der Waals surface area contributed by atoms with Crippen LogP contribution in [0.2, 0.25) is 0 Å². The van der Waals surface area contributed by atoms with Crippen LogP contribution >= 0.6 is 0 Å². The Hall–Kier alpha value is -1.31. The predicted octanol–water partition coefficient (Wildman–Crippen LogP) is 1.54. The van der Waals surface area contributed by atoms with Gasteiger partial charge in [0, 0.05) is 25.8 Å². The highest BCUT2D eigenvalue weighted by Crippen LogP contribution is 2.19. The molecule has 0 aliphatic heterocycles. The van der Waals surface area contributed by atoms with Gasteiger partial charge in [0.1, 0.15) is 11.5 Å². The van der Waals surface area contributed by atoms with Gasteiger partial charge in [0.2, 0.25) is 0 Å². The molecule has 1 aromatic carbocycles. The third-order valence-electron chi connectivity index (χ3n) is 2.26. The second-order valence-electron chi connectivity index (χ2n) is 3.85. The summed E-state index contributed by atoms with van der Waals surface area (Å²) in [5, 5.41) is 11.9. The molecule has 108 valence electrons. The third kappa shape index (κ3) is 5.46. The summed E-state index contributed by atoms with van der Waals surface area (Å²) >= 11 is 0. The molecule has 1 aromatic rings. The SMILES string of the molecule is COCCOCC(O)CNc1c(F)cc(F)cc1F. The molecule has 4 nitrogen and oxygen atoms in total. The van der Waals surface area contributed by atoms with Crippen LogP contribution in [0.1, 0.15) is 0 Å². The monoisotopic (exact) mass is 279 g/mol. The molecule has 0 aliphatic rings. The minimum absolute atomic E-state index is 0.000786. The zero-order valence-corrected chi connectivity index (χ0v) is 10.5. The summed E-state index contributed by atoms with van der Waals surface area (Å²) in [6.07, 6.45) is -0.944. The van der Waals surface area contributed by atoms with Gasteiger partial charge < -0.3 is 19.9 Å². The van der Waals surface area contributed by atoms with Crippen LogP contribution in [0.4, 0.5) is 18.9 Å². The molecule has 0 aromatic heterocycles. The average molecular weight is 279 g/mol. The van der Waals surface area contributed by atoms with E-state index in [0.29, 0.717) is 25.3 Å². The summed E-state index contributed by atoms with van der Waals surface area (Å²) in [4.78, 5) is 0. The number of methoxy groups -OCH3 is 1. The molecule has 0 spiro atoms. The fraction of sp³-hybridized carbons (Fsp3) is 0.500. The molecule has 1 rings (SSSR count). The van der Waals surface area contributed by atoms with Crippen LogP contribution in [0.25, 0.3) is 0 Å². The van der Waals surface area contributed by atoms with E-state index in [9.17, 15) is 18.3 Å². The van der Waals surface area contributed by atoms with E-state index in [1.54, 1.807) is 0 Å². The number of aliphatic hydroxyl groups excluding tert-OH is 1. The molecule has 0 fully saturated rings. The van der Waals surface area contributed by atoms with Crippen molar-refractivity contribution in [3.63, 3.8) is 0 Å². The molecule has 0 bridgehead atoms. The first-order valence-corrected chi connectivity index (χ1v) is 5.67. The Kier molecular flexibility index (Phi) is 6.61. The van der Waals surface area contributed by atoms with Crippen LogP contribution in [0.15, 0.2) is 12.1 Å². The molecule has 1 unspecified atom stereocenters. The fourth-order valence-electron chi connectivity index (χ4n) is 1.35. The Bertz CT molecular complexity index is 381. The maximum absolute atomic E-state index is 13.2. The van der Waals surface area contributed by atoms with Gasteiger partial charge in [0.05, 0.1) is 25.9 Å². The molecule has 0 saturated heterocycles. The van der Waals surface area contributed by atoms with Crippen molar-refractivity contribution in [2.45, 2.75) is 6.10 Å². The van der Waals surface area contributed by atoms with E-state index in [4.69, 9.17) is 9.47 Å². The van der Waals surface area contributed by atoms with Gasteiger partial charge in [-0.25, -0.2) is 13.2 Å². The number of hydrogen-bond acceptors (Lipinski definition) is 4. The summed E-state index contributed by atoms with van der Waals surface area (Å²) in [6.45, 7) is 0.585. The summed E-state index contributed by atoms with van der Waals surface area (Å²) in [6, 6.07) is 1.12. The smallest absolute Gasteiger partial charge is 0.152 e. The number of halogens is 3. The van der Waals surface area contributed by atoms with Crippen molar-refractivity contribution in [2.24, 2.45) is 0 Å². The maximum atomic E-state index is 13.2. The quantitative estimate of drug-likeness (QED) is 0.709. The van der Waals surface area contributed by atoms with Gasteiger partial charge in [-0.2, -0.15) is 0 Å². The Labute approximate surface area is 109 Å². The van der Waals surface area contributed by atoms with Crippen LogP contribution < -0.4 is 5.32 Å².